The van der Waals surface area contributed by atoms with Crippen molar-refractivity contribution in [3.8, 4) is 0 Å². The number of aliphatic hydroxyl groups is 2. The molecule has 0 bridgehead atoms. The molecule has 0 saturated heterocycles. The van der Waals surface area contributed by atoms with Crippen LogP contribution >= 0.6 is 0 Å². The number of ether oxygens (including phenoxy) is 1. The topological polar surface area (TPSA) is 52.9 Å². The van der Waals surface area contributed by atoms with Crippen molar-refractivity contribution in [2.24, 2.45) is 0 Å². The molecule has 1 atom stereocenters. The molecule has 0 aliphatic carbocycles. The van der Waals surface area contributed by atoms with E-state index in [1.807, 2.05) is 6.92 Å². The van der Waals surface area contributed by atoms with Gasteiger partial charge < -0.3 is 19.8 Å². The Morgan fingerprint density at radius 2 is 1.67 bits per heavy atom. The van der Waals surface area contributed by atoms with Crippen LogP contribution < -0.4 is 0 Å². The Morgan fingerprint density at radius 1 is 1.13 bits per heavy atom. The van der Waals surface area contributed by atoms with E-state index in [0.717, 1.165) is 26.1 Å². The Balaban J connectivity index is 0. The number of hydrogen-bond acceptors (Lipinski definition) is 4. The summed E-state index contributed by atoms with van der Waals surface area (Å²) in [5.41, 5.74) is 0. The van der Waals surface area contributed by atoms with Crippen molar-refractivity contribution in [1.29, 1.82) is 0 Å². The molecule has 15 heavy (non-hydrogen) atoms. The molecule has 0 heterocycles. The van der Waals surface area contributed by atoms with Crippen LogP contribution in [-0.4, -0.2) is 61.2 Å². The fraction of sp³-hybridized carbons (Fsp3) is 1.00. The quantitative estimate of drug-likeness (QED) is 0.665. The largest absolute Gasteiger partial charge is 0.396 e. The SMILES string of the molecule is CCN(CC)CCO.COC(C)CCO. The summed E-state index contributed by atoms with van der Waals surface area (Å²) in [7, 11) is 1.64. The second kappa shape index (κ2) is 13.8. The third-order valence-electron chi connectivity index (χ3n) is 2.25. The molecular formula is C11H27NO3. The van der Waals surface area contributed by atoms with Gasteiger partial charge in [-0.3, -0.25) is 0 Å². The lowest BCUT2D eigenvalue weighted by atomic mass is 10.3. The van der Waals surface area contributed by atoms with Gasteiger partial charge in [0, 0.05) is 20.3 Å². The van der Waals surface area contributed by atoms with Gasteiger partial charge in [0.2, 0.25) is 0 Å². The van der Waals surface area contributed by atoms with Crippen LogP contribution in [-0.2, 0) is 4.74 Å². The highest BCUT2D eigenvalue weighted by molar-refractivity contribution is 4.47. The molecule has 0 fully saturated rings. The van der Waals surface area contributed by atoms with E-state index in [0.29, 0.717) is 0 Å². The maximum Gasteiger partial charge on any atom is 0.0565 e. The lowest BCUT2D eigenvalue weighted by molar-refractivity contribution is 0.0917. The monoisotopic (exact) mass is 221 g/mol. The number of methoxy groups -OCH3 is 1. The fourth-order valence-electron chi connectivity index (χ4n) is 0.981. The van der Waals surface area contributed by atoms with Gasteiger partial charge in [-0.1, -0.05) is 13.8 Å². The van der Waals surface area contributed by atoms with Gasteiger partial charge in [0.15, 0.2) is 0 Å². The Hall–Kier alpha value is -0.160. The van der Waals surface area contributed by atoms with Crippen LogP contribution in [0.25, 0.3) is 0 Å². The van der Waals surface area contributed by atoms with Crippen LogP contribution in [0.3, 0.4) is 0 Å². The predicted molar refractivity (Wildman–Crippen MR) is 63.0 cm³/mol. The zero-order valence-corrected chi connectivity index (χ0v) is 10.6. The predicted octanol–water partition coefficient (Wildman–Crippen LogP) is 0.724. The summed E-state index contributed by atoms with van der Waals surface area (Å²) in [6, 6.07) is 0. The summed E-state index contributed by atoms with van der Waals surface area (Å²) in [5.74, 6) is 0. The van der Waals surface area contributed by atoms with Gasteiger partial charge >= 0.3 is 0 Å². The fourth-order valence-corrected chi connectivity index (χ4v) is 0.981. The highest BCUT2D eigenvalue weighted by atomic mass is 16.5. The molecule has 2 N–H and O–H groups in total. The van der Waals surface area contributed by atoms with Crippen molar-refractivity contribution in [2.75, 3.05) is 40.0 Å². The lowest BCUT2D eigenvalue weighted by Gasteiger charge is -2.15. The molecule has 4 heteroatoms. The molecule has 0 aromatic heterocycles. The zero-order chi connectivity index (χ0) is 12.1. The van der Waals surface area contributed by atoms with E-state index in [1.165, 1.54) is 0 Å². The molecule has 0 saturated carbocycles. The summed E-state index contributed by atoms with van der Waals surface area (Å²) < 4.78 is 4.83. The van der Waals surface area contributed by atoms with Crippen LogP contribution in [0, 0.1) is 0 Å². The molecule has 4 nitrogen and oxygen atoms in total. The Morgan fingerprint density at radius 3 is 1.80 bits per heavy atom. The van der Waals surface area contributed by atoms with Crippen LogP contribution in [0.1, 0.15) is 27.2 Å². The molecular weight excluding hydrogens is 194 g/mol. The third-order valence-corrected chi connectivity index (χ3v) is 2.25. The van der Waals surface area contributed by atoms with E-state index in [-0.39, 0.29) is 19.3 Å². The van der Waals surface area contributed by atoms with Crippen molar-refractivity contribution in [3.05, 3.63) is 0 Å². The van der Waals surface area contributed by atoms with Crippen LogP contribution in [0.4, 0.5) is 0 Å². The summed E-state index contributed by atoms with van der Waals surface area (Å²) in [6.45, 7) is 9.51. The smallest absolute Gasteiger partial charge is 0.0565 e. The van der Waals surface area contributed by atoms with Gasteiger partial charge in [0.25, 0.3) is 0 Å². The molecule has 0 aromatic carbocycles. The normalized spacial score (nSPS) is 12.2. The minimum atomic E-state index is 0.199. The molecule has 0 radical (unpaired) electrons. The first kappa shape index (κ1) is 17.2. The van der Waals surface area contributed by atoms with E-state index in [4.69, 9.17) is 14.9 Å². The van der Waals surface area contributed by atoms with E-state index in [9.17, 15) is 0 Å². The minimum absolute atomic E-state index is 0.199. The Bertz CT molecular complexity index is 108. The average Bonchev–Trinajstić information content (AvgIpc) is 2.27. The first-order chi connectivity index (χ1) is 7.15. The highest BCUT2D eigenvalue weighted by Gasteiger charge is 1.94. The average molecular weight is 221 g/mol. The van der Waals surface area contributed by atoms with Gasteiger partial charge in [0.1, 0.15) is 0 Å². The Labute approximate surface area is 93.9 Å². The van der Waals surface area contributed by atoms with Crippen LogP contribution in [0.2, 0.25) is 0 Å². The molecule has 0 aromatic rings. The van der Waals surface area contributed by atoms with Crippen LogP contribution in [0.15, 0.2) is 0 Å². The molecule has 1 unspecified atom stereocenters. The van der Waals surface area contributed by atoms with E-state index >= 15 is 0 Å². The first-order valence-electron chi connectivity index (χ1n) is 5.62. The molecule has 0 spiro atoms. The molecule has 0 aliphatic heterocycles. The number of likely N-dealkylation sites (N-methyl/N-ethyl adjacent to an activating group) is 1. The van der Waals surface area contributed by atoms with Crippen molar-refractivity contribution < 1.29 is 14.9 Å². The number of hydrogen-bond donors (Lipinski definition) is 2. The van der Waals surface area contributed by atoms with Crippen molar-refractivity contribution in [3.63, 3.8) is 0 Å². The maximum absolute atomic E-state index is 8.46. The van der Waals surface area contributed by atoms with Gasteiger partial charge in [-0.25, -0.2) is 0 Å². The first-order valence-corrected chi connectivity index (χ1v) is 5.62. The number of aliphatic hydroxyl groups excluding tert-OH is 2. The molecule has 0 aliphatic rings. The van der Waals surface area contributed by atoms with Gasteiger partial charge in [-0.15, -0.1) is 0 Å². The zero-order valence-electron chi connectivity index (χ0n) is 10.6. The third kappa shape index (κ3) is 13.8. The molecule has 94 valence electrons. The maximum atomic E-state index is 8.46. The summed E-state index contributed by atoms with van der Waals surface area (Å²) in [6.07, 6.45) is 0.932. The summed E-state index contributed by atoms with van der Waals surface area (Å²) in [5, 5.41) is 16.7. The van der Waals surface area contributed by atoms with Crippen molar-refractivity contribution in [1.82, 2.24) is 4.90 Å². The van der Waals surface area contributed by atoms with Crippen molar-refractivity contribution in [2.45, 2.75) is 33.3 Å². The van der Waals surface area contributed by atoms with E-state index in [1.54, 1.807) is 7.11 Å². The van der Waals surface area contributed by atoms with Crippen LogP contribution in [0.5, 0.6) is 0 Å². The summed E-state index contributed by atoms with van der Waals surface area (Å²) in [4.78, 5) is 2.18. The van der Waals surface area contributed by atoms with E-state index < -0.39 is 0 Å². The standard InChI is InChI=1S/C6H15NO.C5H12O2/c1-3-7(4-2)5-6-8;1-5(7-2)3-4-6/h8H,3-6H2,1-2H3;5-6H,3-4H2,1-2H3. The van der Waals surface area contributed by atoms with Gasteiger partial charge in [-0.2, -0.15) is 0 Å². The lowest BCUT2D eigenvalue weighted by Crippen LogP contribution is -2.25. The molecule has 0 amide bonds. The molecule has 0 rings (SSSR count). The van der Waals surface area contributed by atoms with Gasteiger partial charge in [-0.05, 0) is 26.4 Å². The Kier molecular flexibility index (Phi) is 15.9. The van der Waals surface area contributed by atoms with Crippen molar-refractivity contribution >= 4 is 0 Å². The van der Waals surface area contributed by atoms with Gasteiger partial charge in [0.05, 0.1) is 12.7 Å². The second-order valence-electron chi connectivity index (χ2n) is 3.31. The van der Waals surface area contributed by atoms with E-state index in [2.05, 4.69) is 18.7 Å². The summed E-state index contributed by atoms with van der Waals surface area (Å²) >= 11 is 0. The minimum Gasteiger partial charge on any atom is -0.396 e. The number of nitrogens with zero attached hydrogens (tertiary/aromatic N) is 1. The number of rotatable bonds is 7. The second-order valence-corrected chi connectivity index (χ2v) is 3.31. The highest BCUT2D eigenvalue weighted by Crippen LogP contribution is 1.91.